The molecule has 0 spiro atoms. The van der Waals surface area contributed by atoms with Gasteiger partial charge in [0, 0.05) is 43.6 Å². The van der Waals surface area contributed by atoms with Crippen molar-refractivity contribution in [3.05, 3.63) is 16.1 Å². The fourth-order valence-electron chi connectivity index (χ4n) is 2.90. The van der Waals surface area contributed by atoms with Crippen LogP contribution >= 0.6 is 35.3 Å². The van der Waals surface area contributed by atoms with Gasteiger partial charge in [0.1, 0.15) is 0 Å². The summed E-state index contributed by atoms with van der Waals surface area (Å²) >= 11 is 1.70. The molecule has 1 aliphatic heterocycles. The molecule has 0 bridgehead atoms. The van der Waals surface area contributed by atoms with Gasteiger partial charge in [0.2, 0.25) is 0 Å². The summed E-state index contributed by atoms with van der Waals surface area (Å²) in [5.74, 6) is 0.886. The SMILES string of the molecule is CCNC(=NCC1(N(C)C)CCOCC1)NCCc1csc(C)n1.I. The lowest BCUT2D eigenvalue weighted by Crippen LogP contribution is -2.51. The summed E-state index contributed by atoms with van der Waals surface area (Å²) in [6, 6.07) is 0. The van der Waals surface area contributed by atoms with E-state index in [1.807, 2.05) is 6.92 Å². The first-order chi connectivity index (χ1) is 11.6. The van der Waals surface area contributed by atoms with Gasteiger partial charge in [0.25, 0.3) is 0 Å². The minimum atomic E-state index is 0. The largest absolute Gasteiger partial charge is 0.381 e. The molecule has 2 rings (SSSR count). The van der Waals surface area contributed by atoms with Crippen molar-refractivity contribution in [2.75, 3.05) is 46.9 Å². The van der Waals surface area contributed by atoms with Gasteiger partial charge >= 0.3 is 0 Å². The zero-order valence-corrected chi connectivity index (χ0v) is 18.9. The second-order valence-corrected chi connectivity index (χ2v) is 7.52. The van der Waals surface area contributed by atoms with Crippen LogP contribution in [-0.2, 0) is 11.2 Å². The Morgan fingerprint density at radius 1 is 1.36 bits per heavy atom. The number of halogens is 1. The van der Waals surface area contributed by atoms with Gasteiger partial charge in [-0.15, -0.1) is 35.3 Å². The minimum Gasteiger partial charge on any atom is -0.381 e. The maximum Gasteiger partial charge on any atom is 0.191 e. The van der Waals surface area contributed by atoms with E-state index in [1.54, 1.807) is 11.3 Å². The standard InChI is InChI=1S/C17H31N5OS.HI/c1-5-18-16(19-9-6-15-12-24-14(2)21-15)20-13-17(22(3)4)7-10-23-11-8-17;/h12H,5-11,13H2,1-4H3,(H2,18,19,20);1H. The van der Waals surface area contributed by atoms with Crippen molar-refractivity contribution in [3.63, 3.8) is 0 Å². The molecule has 0 aromatic carbocycles. The summed E-state index contributed by atoms with van der Waals surface area (Å²) in [6.45, 7) is 8.27. The van der Waals surface area contributed by atoms with E-state index in [-0.39, 0.29) is 29.5 Å². The van der Waals surface area contributed by atoms with E-state index in [9.17, 15) is 0 Å². The Kier molecular flexibility index (Phi) is 10.2. The highest BCUT2D eigenvalue weighted by molar-refractivity contribution is 14.0. The topological polar surface area (TPSA) is 61.8 Å². The van der Waals surface area contributed by atoms with Crippen molar-refractivity contribution in [1.82, 2.24) is 20.5 Å². The second-order valence-electron chi connectivity index (χ2n) is 6.46. The number of ether oxygens (including phenoxy) is 1. The van der Waals surface area contributed by atoms with Crippen LogP contribution < -0.4 is 10.6 Å². The Morgan fingerprint density at radius 2 is 2.08 bits per heavy atom. The van der Waals surface area contributed by atoms with E-state index in [0.29, 0.717) is 0 Å². The van der Waals surface area contributed by atoms with Crippen LogP contribution in [0.5, 0.6) is 0 Å². The summed E-state index contributed by atoms with van der Waals surface area (Å²) in [5.41, 5.74) is 1.25. The zero-order valence-electron chi connectivity index (χ0n) is 15.8. The average molecular weight is 481 g/mol. The van der Waals surface area contributed by atoms with E-state index < -0.39 is 0 Å². The van der Waals surface area contributed by atoms with Crippen LogP contribution in [0.4, 0.5) is 0 Å². The highest BCUT2D eigenvalue weighted by Gasteiger charge is 2.34. The maximum atomic E-state index is 5.53. The van der Waals surface area contributed by atoms with Gasteiger partial charge in [0.05, 0.1) is 17.2 Å². The van der Waals surface area contributed by atoms with Crippen LogP contribution in [0.15, 0.2) is 10.4 Å². The molecule has 0 amide bonds. The molecule has 25 heavy (non-hydrogen) atoms. The van der Waals surface area contributed by atoms with E-state index in [4.69, 9.17) is 9.73 Å². The van der Waals surface area contributed by atoms with E-state index in [0.717, 1.165) is 68.8 Å². The Morgan fingerprint density at radius 3 is 2.64 bits per heavy atom. The third-order valence-electron chi connectivity index (χ3n) is 4.59. The van der Waals surface area contributed by atoms with Crippen LogP contribution in [0.1, 0.15) is 30.5 Å². The molecule has 1 aliphatic rings. The lowest BCUT2D eigenvalue weighted by molar-refractivity contribution is -0.00254. The minimum absolute atomic E-state index is 0. The van der Waals surface area contributed by atoms with Crippen molar-refractivity contribution in [3.8, 4) is 0 Å². The molecule has 0 unspecified atom stereocenters. The molecule has 0 saturated carbocycles. The van der Waals surface area contributed by atoms with E-state index in [1.165, 1.54) is 0 Å². The quantitative estimate of drug-likeness (QED) is 0.356. The molecule has 0 aliphatic carbocycles. The molecular formula is C17H32IN5OS. The number of aliphatic imine (C=N–C) groups is 1. The maximum absolute atomic E-state index is 5.53. The summed E-state index contributed by atoms with van der Waals surface area (Å²) in [7, 11) is 4.29. The Balaban J connectivity index is 0.00000312. The van der Waals surface area contributed by atoms with E-state index >= 15 is 0 Å². The molecule has 0 radical (unpaired) electrons. The van der Waals surface area contributed by atoms with Gasteiger partial charge in [0.15, 0.2) is 5.96 Å². The van der Waals surface area contributed by atoms with Crippen LogP contribution in [0.25, 0.3) is 0 Å². The first-order valence-corrected chi connectivity index (χ1v) is 9.62. The predicted molar refractivity (Wildman–Crippen MR) is 116 cm³/mol. The fourth-order valence-corrected chi connectivity index (χ4v) is 3.55. The molecule has 1 fully saturated rings. The molecular weight excluding hydrogens is 449 g/mol. The fraction of sp³-hybridized carbons (Fsp3) is 0.765. The number of rotatable bonds is 7. The number of hydrogen-bond acceptors (Lipinski definition) is 5. The second kappa shape index (κ2) is 11.3. The number of nitrogens with one attached hydrogen (secondary N) is 2. The van der Waals surface area contributed by atoms with Crippen LogP contribution in [-0.4, -0.2) is 68.3 Å². The first-order valence-electron chi connectivity index (χ1n) is 8.74. The average Bonchev–Trinajstić information content (AvgIpc) is 2.98. The highest BCUT2D eigenvalue weighted by atomic mass is 127. The van der Waals surface area contributed by atoms with Crippen LogP contribution in [0, 0.1) is 6.92 Å². The van der Waals surface area contributed by atoms with Crippen molar-refractivity contribution in [1.29, 1.82) is 0 Å². The van der Waals surface area contributed by atoms with Crippen molar-refractivity contribution in [2.24, 2.45) is 4.99 Å². The van der Waals surface area contributed by atoms with Gasteiger partial charge < -0.3 is 20.3 Å². The first kappa shape index (κ1) is 22.6. The van der Waals surface area contributed by atoms with Crippen LogP contribution in [0.3, 0.4) is 0 Å². The number of likely N-dealkylation sites (N-methyl/N-ethyl adjacent to an activating group) is 1. The van der Waals surface area contributed by atoms with Gasteiger partial charge in [-0.05, 0) is 40.8 Å². The number of hydrogen-bond donors (Lipinski definition) is 2. The normalized spacial score (nSPS) is 17.2. The Labute approximate surface area is 172 Å². The summed E-state index contributed by atoms with van der Waals surface area (Å²) in [5, 5.41) is 10.0. The van der Waals surface area contributed by atoms with Crippen molar-refractivity contribution in [2.45, 2.75) is 38.6 Å². The smallest absolute Gasteiger partial charge is 0.191 e. The van der Waals surface area contributed by atoms with Crippen LogP contribution in [0.2, 0.25) is 0 Å². The summed E-state index contributed by atoms with van der Waals surface area (Å²) < 4.78 is 5.53. The third kappa shape index (κ3) is 6.99. The Hall–Kier alpha value is -0.450. The molecule has 2 heterocycles. The predicted octanol–water partition coefficient (Wildman–Crippen LogP) is 2.28. The number of aryl methyl sites for hydroxylation is 1. The zero-order chi connectivity index (χ0) is 17.4. The number of guanidine groups is 1. The summed E-state index contributed by atoms with van der Waals surface area (Å²) in [4.78, 5) is 11.7. The molecule has 1 aromatic rings. The third-order valence-corrected chi connectivity index (χ3v) is 5.41. The van der Waals surface area contributed by atoms with Crippen molar-refractivity contribution >= 4 is 41.3 Å². The molecule has 1 aromatic heterocycles. The monoisotopic (exact) mass is 481 g/mol. The van der Waals surface area contributed by atoms with E-state index in [2.05, 4.69) is 46.9 Å². The number of aromatic nitrogens is 1. The molecule has 6 nitrogen and oxygen atoms in total. The lowest BCUT2D eigenvalue weighted by Gasteiger charge is -2.41. The van der Waals surface area contributed by atoms with Crippen molar-refractivity contribution < 1.29 is 4.74 Å². The molecule has 0 atom stereocenters. The molecule has 1 saturated heterocycles. The number of nitrogens with zero attached hydrogens (tertiary/aromatic N) is 3. The van der Waals surface area contributed by atoms with Gasteiger partial charge in [-0.3, -0.25) is 4.99 Å². The van der Waals surface area contributed by atoms with Gasteiger partial charge in [-0.1, -0.05) is 0 Å². The highest BCUT2D eigenvalue weighted by Crippen LogP contribution is 2.26. The van der Waals surface area contributed by atoms with Gasteiger partial charge in [-0.2, -0.15) is 0 Å². The lowest BCUT2D eigenvalue weighted by atomic mass is 9.89. The Bertz CT molecular complexity index is 529. The molecule has 8 heteroatoms. The molecule has 144 valence electrons. The van der Waals surface area contributed by atoms with Gasteiger partial charge in [-0.25, -0.2) is 4.98 Å². The number of thiazole rings is 1. The molecule has 2 N–H and O–H groups in total. The summed E-state index contributed by atoms with van der Waals surface area (Å²) in [6.07, 6.45) is 2.98.